The average molecular weight is 382 g/mol. The van der Waals surface area contributed by atoms with Crippen LogP contribution < -0.4 is 4.90 Å². The van der Waals surface area contributed by atoms with Crippen LogP contribution >= 0.6 is 27.7 Å². The van der Waals surface area contributed by atoms with E-state index in [0.717, 1.165) is 0 Å². The summed E-state index contributed by atoms with van der Waals surface area (Å²) in [6.07, 6.45) is 0. The normalized spacial score (nSPS) is 12.7. The zero-order chi connectivity index (χ0) is 16.0. The molecule has 3 aromatic rings. The van der Waals surface area contributed by atoms with E-state index in [1.54, 1.807) is 0 Å². The average Bonchev–Trinajstić information content (AvgIpc) is 2.57. The lowest BCUT2D eigenvalue weighted by Crippen LogP contribution is -2.15. The summed E-state index contributed by atoms with van der Waals surface area (Å²) in [7, 11) is 0. The van der Waals surface area contributed by atoms with Gasteiger partial charge in [-0.05, 0) is 61.4 Å². The summed E-state index contributed by atoms with van der Waals surface area (Å²) in [4.78, 5) is 4.96. The first-order chi connectivity index (χ1) is 11.1. The third-order valence-corrected chi connectivity index (χ3v) is 6.49. The van der Waals surface area contributed by atoms with Crippen LogP contribution in [0.3, 0.4) is 0 Å². The van der Waals surface area contributed by atoms with E-state index >= 15 is 0 Å². The molecule has 0 saturated heterocycles. The number of benzene rings is 3. The molecule has 3 heteroatoms. The first-order valence-corrected chi connectivity index (χ1v) is 9.19. The summed E-state index contributed by atoms with van der Waals surface area (Å²) in [5.74, 6) is 0. The predicted molar refractivity (Wildman–Crippen MR) is 102 cm³/mol. The van der Waals surface area contributed by atoms with E-state index in [1.165, 1.54) is 42.5 Å². The molecule has 0 aliphatic carbocycles. The number of nitrogens with zero attached hydrogens (tertiary/aromatic N) is 1. The molecule has 0 unspecified atom stereocenters. The van der Waals surface area contributed by atoms with E-state index in [1.807, 2.05) is 11.8 Å². The van der Waals surface area contributed by atoms with Crippen LogP contribution in [0.4, 0.5) is 17.1 Å². The van der Waals surface area contributed by atoms with Crippen LogP contribution in [0, 0.1) is 13.8 Å². The molecular weight excluding hydrogens is 366 g/mol. The summed E-state index contributed by atoms with van der Waals surface area (Å²) in [6, 6.07) is 21.7. The van der Waals surface area contributed by atoms with Gasteiger partial charge >= 0.3 is 0 Å². The van der Waals surface area contributed by atoms with Crippen LogP contribution in [0.1, 0.15) is 11.1 Å². The number of fused-ring (bicyclic) bond motifs is 2. The standard InChI is InChI=1S/C20H16BrNS/c1-13-11-15(12-14(2)20(13)21)22-16-7-3-5-9-18(16)23-19-10-6-4-8-17(19)22/h3-12H,1-2H3. The van der Waals surface area contributed by atoms with Crippen molar-refractivity contribution < 1.29 is 0 Å². The smallest absolute Gasteiger partial charge is 0.0601 e. The van der Waals surface area contributed by atoms with E-state index in [9.17, 15) is 0 Å². The van der Waals surface area contributed by atoms with Gasteiger partial charge in [-0.1, -0.05) is 52.0 Å². The lowest BCUT2D eigenvalue weighted by Gasteiger charge is -2.33. The predicted octanol–water partition coefficient (Wildman–Crippen LogP) is 7.00. The minimum atomic E-state index is 1.19. The molecule has 4 rings (SSSR count). The van der Waals surface area contributed by atoms with Crippen LogP contribution in [0.25, 0.3) is 0 Å². The molecular formula is C20H16BrNS. The summed E-state index contributed by atoms with van der Waals surface area (Å²) >= 11 is 5.52. The van der Waals surface area contributed by atoms with E-state index in [2.05, 4.69) is 95.3 Å². The van der Waals surface area contributed by atoms with Crippen molar-refractivity contribution in [3.05, 3.63) is 76.3 Å². The largest absolute Gasteiger partial charge is 0.308 e. The molecule has 0 amide bonds. The molecule has 0 spiro atoms. The number of anilines is 3. The fourth-order valence-corrected chi connectivity index (χ4v) is 4.32. The molecule has 0 aromatic heterocycles. The van der Waals surface area contributed by atoms with Gasteiger partial charge < -0.3 is 4.90 Å². The van der Waals surface area contributed by atoms with Gasteiger partial charge in [0.25, 0.3) is 0 Å². The Morgan fingerprint density at radius 2 is 1.26 bits per heavy atom. The van der Waals surface area contributed by atoms with Crippen molar-refractivity contribution >= 4 is 44.8 Å². The molecule has 1 heterocycles. The maximum atomic E-state index is 3.68. The highest BCUT2D eigenvalue weighted by molar-refractivity contribution is 9.10. The Balaban J connectivity index is 1.98. The third-order valence-electron chi connectivity index (χ3n) is 4.11. The number of aryl methyl sites for hydroxylation is 2. The highest BCUT2D eigenvalue weighted by Gasteiger charge is 2.24. The van der Waals surface area contributed by atoms with Crippen molar-refractivity contribution in [1.29, 1.82) is 0 Å². The topological polar surface area (TPSA) is 3.24 Å². The van der Waals surface area contributed by atoms with Gasteiger partial charge in [-0.3, -0.25) is 0 Å². The lowest BCUT2D eigenvalue weighted by atomic mass is 10.1. The maximum Gasteiger partial charge on any atom is 0.0601 e. The van der Waals surface area contributed by atoms with Crippen molar-refractivity contribution in [2.75, 3.05) is 4.90 Å². The Bertz CT molecular complexity index is 835. The van der Waals surface area contributed by atoms with Crippen molar-refractivity contribution in [2.45, 2.75) is 23.6 Å². The quantitative estimate of drug-likeness (QED) is 0.349. The van der Waals surface area contributed by atoms with E-state index in [4.69, 9.17) is 0 Å². The lowest BCUT2D eigenvalue weighted by molar-refractivity contribution is 1.15. The highest BCUT2D eigenvalue weighted by Crippen LogP contribution is 2.51. The molecule has 1 aliphatic rings. The maximum absolute atomic E-state index is 3.68. The Labute approximate surface area is 149 Å². The molecule has 0 N–H and O–H groups in total. The number of halogens is 1. The van der Waals surface area contributed by atoms with Crippen LogP contribution in [0.2, 0.25) is 0 Å². The Kier molecular flexibility index (Phi) is 3.70. The molecule has 1 nitrogen and oxygen atoms in total. The van der Waals surface area contributed by atoms with Gasteiger partial charge in [0.05, 0.1) is 11.4 Å². The van der Waals surface area contributed by atoms with Crippen molar-refractivity contribution in [2.24, 2.45) is 0 Å². The Morgan fingerprint density at radius 1 is 0.783 bits per heavy atom. The number of para-hydroxylation sites is 2. The molecule has 0 atom stereocenters. The molecule has 114 valence electrons. The van der Waals surface area contributed by atoms with Crippen LogP contribution in [0.15, 0.2) is 74.9 Å². The fraction of sp³-hybridized carbons (Fsp3) is 0.100. The Morgan fingerprint density at radius 3 is 1.78 bits per heavy atom. The van der Waals surface area contributed by atoms with Gasteiger partial charge in [0.2, 0.25) is 0 Å². The van der Waals surface area contributed by atoms with E-state index in [-0.39, 0.29) is 0 Å². The second-order valence-corrected chi connectivity index (χ2v) is 7.64. The number of hydrogen-bond acceptors (Lipinski definition) is 2. The first kappa shape index (κ1) is 14.9. The fourth-order valence-electron chi connectivity index (χ4n) is 3.03. The van der Waals surface area contributed by atoms with Crippen LogP contribution in [-0.4, -0.2) is 0 Å². The van der Waals surface area contributed by atoms with Gasteiger partial charge in [-0.25, -0.2) is 0 Å². The van der Waals surface area contributed by atoms with Crippen LogP contribution in [0.5, 0.6) is 0 Å². The van der Waals surface area contributed by atoms with Crippen molar-refractivity contribution in [3.63, 3.8) is 0 Å². The molecule has 23 heavy (non-hydrogen) atoms. The van der Waals surface area contributed by atoms with Gasteiger partial charge in [0.15, 0.2) is 0 Å². The molecule has 0 saturated carbocycles. The third kappa shape index (κ3) is 2.48. The van der Waals surface area contributed by atoms with Crippen molar-refractivity contribution in [1.82, 2.24) is 0 Å². The minimum absolute atomic E-state index is 1.19. The summed E-state index contributed by atoms with van der Waals surface area (Å²) in [5.41, 5.74) is 6.22. The zero-order valence-corrected chi connectivity index (χ0v) is 15.4. The van der Waals surface area contributed by atoms with Gasteiger partial charge in [0.1, 0.15) is 0 Å². The number of hydrogen-bond donors (Lipinski definition) is 0. The molecule has 0 radical (unpaired) electrons. The van der Waals surface area contributed by atoms with Gasteiger partial charge in [-0.2, -0.15) is 0 Å². The second-order valence-electron chi connectivity index (χ2n) is 5.77. The highest BCUT2D eigenvalue weighted by atomic mass is 79.9. The van der Waals surface area contributed by atoms with E-state index < -0.39 is 0 Å². The summed E-state index contributed by atoms with van der Waals surface area (Å²) in [5, 5.41) is 0. The zero-order valence-electron chi connectivity index (χ0n) is 13.0. The van der Waals surface area contributed by atoms with Crippen molar-refractivity contribution in [3.8, 4) is 0 Å². The second kappa shape index (κ2) is 5.73. The monoisotopic (exact) mass is 381 g/mol. The minimum Gasteiger partial charge on any atom is -0.308 e. The first-order valence-electron chi connectivity index (χ1n) is 7.58. The molecule has 0 fully saturated rings. The van der Waals surface area contributed by atoms with E-state index in [0.29, 0.717) is 0 Å². The van der Waals surface area contributed by atoms with Gasteiger partial charge in [-0.15, -0.1) is 0 Å². The molecule has 3 aromatic carbocycles. The SMILES string of the molecule is Cc1cc(N2c3ccccc3Sc3ccccc32)cc(C)c1Br. The molecule has 1 aliphatic heterocycles. The number of rotatable bonds is 1. The summed E-state index contributed by atoms with van der Waals surface area (Å²) in [6.45, 7) is 4.30. The Hall–Kier alpha value is -1.71. The van der Waals surface area contributed by atoms with Gasteiger partial charge in [0, 0.05) is 20.0 Å². The molecule has 0 bridgehead atoms. The summed E-state index contributed by atoms with van der Waals surface area (Å²) < 4.78 is 1.19. The van der Waals surface area contributed by atoms with Crippen LogP contribution in [-0.2, 0) is 0 Å².